The molecule has 54 heavy (non-hydrogen) atoms. The summed E-state index contributed by atoms with van der Waals surface area (Å²) in [6.07, 6.45) is -9.29. The fraction of sp³-hybridized carbons (Fsp3) is 0.605. The monoisotopic (exact) mass is 770 g/mol. The van der Waals surface area contributed by atoms with Crippen LogP contribution in [-0.4, -0.2) is 94.1 Å². The number of hydrogen-bond acceptors (Lipinski definition) is 13. The van der Waals surface area contributed by atoms with Crippen molar-refractivity contribution in [2.75, 3.05) is 6.61 Å². The van der Waals surface area contributed by atoms with Crippen molar-refractivity contribution in [3.8, 4) is 0 Å². The second-order valence-electron chi connectivity index (χ2n) is 15.0. The van der Waals surface area contributed by atoms with E-state index in [1.807, 2.05) is 60.7 Å². The highest BCUT2D eigenvalue weighted by molar-refractivity contribution is 6.74. The van der Waals surface area contributed by atoms with Crippen molar-refractivity contribution < 1.29 is 51.9 Å². The first-order valence-corrected chi connectivity index (χ1v) is 20.9. The molecule has 0 amide bonds. The molecule has 15 nitrogen and oxygen atoms in total. The van der Waals surface area contributed by atoms with Crippen molar-refractivity contribution in [3.63, 3.8) is 0 Å². The Morgan fingerprint density at radius 3 is 1.89 bits per heavy atom. The molecule has 2 fully saturated rings. The Labute approximate surface area is 318 Å². The Kier molecular flexibility index (Phi) is 15.2. The van der Waals surface area contributed by atoms with Crippen LogP contribution in [0.4, 0.5) is 0 Å². The predicted octanol–water partition coefficient (Wildman–Crippen LogP) is 6.59. The predicted molar refractivity (Wildman–Crippen MR) is 200 cm³/mol. The van der Waals surface area contributed by atoms with Crippen molar-refractivity contribution >= 4 is 26.2 Å². The molecule has 1 N–H and O–H groups in total. The van der Waals surface area contributed by atoms with Crippen LogP contribution in [0.3, 0.4) is 0 Å². The minimum atomic E-state index is -2.56. The molecule has 0 spiro atoms. The van der Waals surface area contributed by atoms with Gasteiger partial charge in [-0.2, -0.15) is 0 Å². The Morgan fingerprint density at radius 1 is 0.815 bits per heavy atom. The normalized spacial score (nSPS) is 28.7. The van der Waals surface area contributed by atoms with Crippen LogP contribution in [0, 0.1) is 5.41 Å². The van der Waals surface area contributed by atoms with Gasteiger partial charge in [-0.15, -0.1) is 0 Å². The van der Waals surface area contributed by atoms with Gasteiger partial charge in [-0.1, -0.05) is 86.5 Å². The van der Waals surface area contributed by atoms with Gasteiger partial charge in [0.15, 0.2) is 26.6 Å². The summed E-state index contributed by atoms with van der Waals surface area (Å²) in [6, 6.07) is 17.8. The molecule has 4 unspecified atom stereocenters. The highest BCUT2D eigenvalue weighted by Crippen LogP contribution is 2.41. The summed E-state index contributed by atoms with van der Waals surface area (Å²) < 4.78 is 56.5. The van der Waals surface area contributed by atoms with Crippen molar-refractivity contribution in [2.45, 2.75) is 141 Å². The number of nitrogens with zero attached hydrogens (tertiary/aromatic N) is 3. The van der Waals surface area contributed by atoms with E-state index in [1.165, 1.54) is 20.8 Å². The molecule has 0 aliphatic carbocycles. The lowest BCUT2D eigenvalue weighted by molar-refractivity contribution is -0.340. The van der Waals surface area contributed by atoms with E-state index in [0.717, 1.165) is 11.1 Å². The second kappa shape index (κ2) is 19.1. The summed E-state index contributed by atoms with van der Waals surface area (Å²) in [5, 5.41) is 11.9. The molecule has 0 bridgehead atoms. The first-order valence-electron chi connectivity index (χ1n) is 18.0. The Morgan fingerprint density at radius 2 is 1.39 bits per heavy atom. The van der Waals surface area contributed by atoms with Gasteiger partial charge in [0, 0.05) is 25.7 Å². The maximum atomic E-state index is 12.5. The maximum Gasteiger partial charge on any atom is 0.303 e. The van der Waals surface area contributed by atoms with Crippen molar-refractivity contribution in [1.29, 1.82) is 5.41 Å². The number of ether oxygens (including phenoxy) is 8. The summed E-state index contributed by atoms with van der Waals surface area (Å²) >= 11 is 0. The van der Waals surface area contributed by atoms with Gasteiger partial charge in [0.1, 0.15) is 37.1 Å². The number of benzene rings is 2. The molecular formula is C38H54N4O11Si. The zero-order valence-corrected chi connectivity index (χ0v) is 33.5. The van der Waals surface area contributed by atoms with Gasteiger partial charge >= 0.3 is 11.9 Å². The molecule has 10 atom stereocenters. The lowest BCUT2D eigenvalue weighted by atomic mass is 9.95. The first-order chi connectivity index (χ1) is 25.5. The van der Waals surface area contributed by atoms with Crippen LogP contribution >= 0.6 is 0 Å². The van der Waals surface area contributed by atoms with Crippen LogP contribution in [0.2, 0.25) is 18.1 Å². The van der Waals surface area contributed by atoms with E-state index in [1.54, 1.807) is 6.92 Å². The molecule has 2 heterocycles. The van der Waals surface area contributed by atoms with Crippen LogP contribution < -0.4 is 0 Å². The molecule has 296 valence electrons. The first kappa shape index (κ1) is 42.9. The van der Waals surface area contributed by atoms with Gasteiger partial charge < -0.3 is 42.3 Å². The van der Waals surface area contributed by atoms with Gasteiger partial charge in [0.25, 0.3) is 0 Å². The second-order valence-corrected chi connectivity index (χ2v) is 19.7. The summed E-state index contributed by atoms with van der Waals surface area (Å²) in [4.78, 5) is 27.8. The van der Waals surface area contributed by atoms with Crippen LogP contribution in [0.5, 0.6) is 0 Å². The largest absolute Gasteiger partial charge is 0.463 e. The van der Waals surface area contributed by atoms with Crippen LogP contribution in [0.15, 0.2) is 65.8 Å². The summed E-state index contributed by atoms with van der Waals surface area (Å²) in [5.41, 5.74) is 11.7. The molecule has 2 aromatic rings. The third-order valence-electron chi connectivity index (χ3n) is 9.67. The Bertz CT molecular complexity index is 1590. The van der Waals surface area contributed by atoms with Gasteiger partial charge in [-0.05, 0) is 41.7 Å². The standard InChI is InChI=1S/C38H54N4O11Si/c1-23-31(34(47-21-28-18-14-11-15-19-28)35(50-26(4)44)37(48-23)49-24(2)39)52-36-30(41-42-40)33(46-20-27-16-12-10-13-17-27)32(29(51-36)22-45-25(3)43)53-54(8,9)38(5,6)7/h10-19,23,29-37,39H,20-22H2,1-9H3/t23?,29?,30-,31+,32-,33?,34?,35-,36-,37-/m0/s1. The molecule has 4 rings (SSSR count). The highest BCUT2D eigenvalue weighted by Gasteiger charge is 2.55. The number of azide groups is 1. The number of rotatable bonds is 15. The number of carbonyl (C=O) groups excluding carboxylic acids is 2. The molecule has 16 heteroatoms. The van der Waals surface area contributed by atoms with E-state index in [4.69, 9.17) is 47.7 Å². The van der Waals surface area contributed by atoms with Gasteiger partial charge in [-0.25, -0.2) is 0 Å². The number of carbonyl (C=O) groups is 2. The van der Waals surface area contributed by atoms with E-state index < -0.39 is 81.6 Å². The summed E-state index contributed by atoms with van der Waals surface area (Å²) in [5.74, 6) is -1.32. The lowest BCUT2D eigenvalue weighted by Crippen LogP contribution is -2.66. The maximum absolute atomic E-state index is 12.5. The summed E-state index contributed by atoms with van der Waals surface area (Å²) in [6.45, 7) is 16.2. The molecule has 2 aliphatic heterocycles. The molecular weight excluding hydrogens is 717 g/mol. The van der Waals surface area contributed by atoms with E-state index in [-0.39, 0.29) is 30.8 Å². The van der Waals surface area contributed by atoms with Crippen LogP contribution in [-0.2, 0) is 65.1 Å². The summed E-state index contributed by atoms with van der Waals surface area (Å²) in [7, 11) is -2.56. The Balaban J connectivity index is 1.79. The minimum absolute atomic E-state index is 0.0950. The van der Waals surface area contributed by atoms with Crippen molar-refractivity contribution in [1.82, 2.24) is 0 Å². The third kappa shape index (κ3) is 11.6. The quantitative estimate of drug-likeness (QED) is 0.0391. The highest BCUT2D eigenvalue weighted by atomic mass is 28.4. The van der Waals surface area contributed by atoms with Gasteiger partial charge in [0.05, 0.1) is 25.4 Å². The van der Waals surface area contributed by atoms with Gasteiger partial charge in [0.2, 0.25) is 6.29 Å². The van der Waals surface area contributed by atoms with Crippen molar-refractivity contribution in [3.05, 3.63) is 82.2 Å². The lowest BCUT2D eigenvalue weighted by Gasteiger charge is -2.51. The molecule has 2 aromatic carbocycles. The van der Waals surface area contributed by atoms with Crippen molar-refractivity contribution in [2.24, 2.45) is 5.11 Å². The average Bonchev–Trinajstić information content (AvgIpc) is 3.09. The molecule has 2 saturated heterocycles. The molecule has 2 aliphatic rings. The topological polar surface area (TPSA) is 190 Å². The zero-order chi connectivity index (χ0) is 39.6. The molecule has 0 saturated carbocycles. The SMILES string of the molecule is CC(=N)O[C@@H]1OC(C)[C@@H](O[C@@H]2OC(COC(C)=O)[C@H](O[Si](C)(C)C(C)(C)C)C(OCc3ccccc3)[C@@H]2N=[N+]=[N-])C(OCc2ccccc2)[C@@H]1OC(C)=O. The van der Waals surface area contributed by atoms with Crippen LogP contribution in [0.25, 0.3) is 10.4 Å². The van der Waals surface area contributed by atoms with E-state index in [0.29, 0.717) is 0 Å². The van der Waals surface area contributed by atoms with Crippen LogP contribution in [0.1, 0.15) is 59.6 Å². The fourth-order valence-electron chi connectivity index (χ4n) is 5.99. The number of hydrogen-bond donors (Lipinski definition) is 1. The fourth-order valence-corrected chi connectivity index (χ4v) is 7.31. The average molecular weight is 771 g/mol. The number of esters is 2. The molecule has 0 radical (unpaired) electrons. The van der Waals surface area contributed by atoms with E-state index in [9.17, 15) is 15.1 Å². The number of nitrogens with one attached hydrogen (secondary N) is 1. The van der Waals surface area contributed by atoms with E-state index >= 15 is 0 Å². The zero-order valence-electron chi connectivity index (χ0n) is 32.5. The third-order valence-corrected chi connectivity index (χ3v) is 14.1. The van der Waals surface area contributed by atoms with Gasteiger partial charge in [-0.3, -0.25) is 15.0 Å². The smallest absolute Gasteiger partial charge is 0.303 e. The minimum Gasteiger partial charge on any atom is -0.463 e. The Hall–Kier alpha value is -3.86. The van der Waals surface area contributed by atoms with E-state index in [2.05, 4.69) is 43.9 Å². The molecule has 0 aromatic heterocycles.